The molecule has 0 unspecified atom stereocenters. The van der Waals surface area contributed by atoms with Crippen LogP contribution in [0.3, 0.4) is 0 Å². The van der Waals surface area contributed by atoms with Crippen molar-refractivity contribution in [3.63, 3.8) is 0 Å². The van der Waals surface area contributed by atoms with E-state index in [2.05, 4.69) is 20.8 Å². The molecule has 2 rings (SSSR count). The Balaban J connectivity index is 2.16. The van der Waals surface area contributed by atoms with E-state index in [0.717, 1.165) is 0 Å². The molecule has 0 atom stereocenters. The van der Waals surface area contributed by atoms with E-state index in [4.69, 9.17) is 4.42 Å². The standard InChI is InChI=1S/C11H13FN4O/c1-7-4-3-5-8(10(7)12)14-11-16-15-9(17-11)6-13-2/h3-5,13H,6H2,1-2H3,(H,14,16). The van der Waals surface area contributed by atoms with Crippen LogP contribution in [0.5, 0.6) is 0 Å². The van der Waals surface area contributed by atoms with Crippen LogP contribution in [0.2, 0.25) is 0 Å². The number of aryl methyl sites for hydroxylation is 1. The fraction of sp³-hybridized carbons (Fsp3) is 0.273. The zero-order valence-electron chi connectivity index (χ0n) is 9.62. The van der Waals surface area contributed by atoms with Crippen LogP contribution in [-0.2, 0) is 6.54 Å². The van der Waals surface area contributed by atoms with Gasteiger partial charge in [-0.1, -0.05) is 17.2 Å². The summed E-state index contributed by atoms with van der Waals surface area (Å²) in [5.74, 6) is 0.129. The van der Waals surface area contributed by atoms with Gasteiger partial charge in [-0.15, -0.1) is 5.10 Å². The third kappa shape index (κ3) is 2.59. The monoisotopic (exact) mass is 236 g/mol. The second kappa shape index (κ2) is 4.92. The summed E-state index contributed by atoms with van der Waals surface area (Å²) < 4.78 is 18.9. The van der Waals surface area contributed by atoms with Crippen LogP contribution in [-0.4, -0.2) is 17.2 Å². The molecule has 6 heteroatoms. The van der Waals surface area contributed by atoms with Crippen molar-refractivity contribution in [2.45, 2.75) is 13.5 Å². The molecule has 17 heavy (non-hydrogen) atoms. The van der Waals surface area contributed by atoms with E-state index in [1.807, 2.05) is 0 Å². The number of aromatic nitrogens is 2. The third-order valence-electron chi connectivity index (χ3n) is 2.23. The lowest BCUT2D eigenvalue weighted by molar-refractivity contribution is 0.492. The van der Waals surface area contributed by atoms with Gasteiger partial charge in [0.15, 0.2) is 0 Å². The summed E-state index contributed by atoms with van der Waals surface area (Å²) in [6, 6.07) is 5.25. The van der Waals surface area contributed by atoms with Crippen LogP contribution in [0, 0.1) is 12.7 Å². The summed E-state index contributed by atoms with van der Waals surface area (Å²) in [6.07, 6.45) is 0. The maximum Gasteiger partial charge on any atom is 0.320 e. The minimum absolute atomic E-state index is 0.180. The zero-order chi connectivity index (χ0) is 12.3. The summed E-state index contributed by atoms with van der Waals surface area (Å²) in [6.45, 7) is 2.17. The summed E-state index contributed by atoms with van der Waals surface area (Å²) >= 11 is 0. The Morgan fingerprint density at radius 1 is 1.35 bits per heavy atom. The number of nitrogens with zero attached hydrogens (tertiary/aromatic N) is 2. The molecule has 1 aromatic carbocycles. The van der Waals surface area contributed by atoms with E-state index in [1.54, 1.807) is 32.2 Å². The molecular weight excluding hydrogens is 223 g/mol. The number of hydrogen-bond acceptors (Lipinski definition) is 5. The number of nitrogens with one attached hydrogen (secondary N) is 2. The molecule has 2 N–H and O–H groups in total. The highest BCUT2D eigenvalue weighted by molar-refractivity contribution is 5.54. The molecule has 0 amide bonds. The van der Waals surface area contributed by atoms with Crippen molar-refractivity contribution in [2.75, 3.05) is 12.4 Å². The average Bonchev–Trinajstić information content (AvgIpc) is 2.73. The van der Waals surface area contributed by atoms with Crippen molar-refractivity contribution in [1.29, 1.82) is 0 Å². The molecule has 0 spiro atoms. The van der Waals surface area contributed by atoms with Crippen molar-refractivity contribution < 1.29 is 8.81 Å². The number of benzene rings is 1. The quantitative estimate of drug-likeness (QED) is 0.849. The Morgan fingerprint density at radius 3 is 2.94 bits per heavy atom. The van der Waals surface area contributed by atoms with Crippen molar-refractivity contribution >= 4 is 11.7 Å². The normalized spacial score (nSPS) is 10.5. The molecule has 0 saturated heterocycles. The van der Waals surface area contributed by atoms with Gasteiger partial charge in [0.05, 0.1) is 12.2 Å². The summed E-state index contributed by atoms with van der Waals surface area (Å²) in [5, 5.41) is 13.2. The van der Waals surface area contributed by atoms with Crippen molar-refractivity contribution in [2.24, 2.45) is 0 Å². The van der Waals surface area contributed by atoms with Gasteiger partial charge in [0, 0.05) is 0 Å². The van der Waals surface area contributed by atoms with Crippen LogP contribution in [0.15, 0.2) is 22.6 Å². The summed E-state index contributed by atoms with van der Waals surface area (Å²) in [5.41, 5.74) is 0.884. The maximum absolute atomic E-state index is 13.7. The molecule has 2 aromatic rings. The predicted molar refractivity (Wildman–Crippen MR) is 61.5 cm³/mol. The molecule has 0 fully saturated rings. The first kappa shape index (κ1) is 11.5. The average molecular weight is 236 g/mol. The highest BCUT2D eigenvalue weighted by atomic mass is 19.1. The summed E-state index contributed by atoms with van der Waals surface area (Å²) in [4.78, 5) is 0. The SMILES string of the molecule is CNCc1nnc(Nc2cccc(C)c2F)o1. The molecule has 5 nitrogen and oxygen atoms in total. The fourth-order valence-electron chi connectivity index (χ4n) is 1.39. The number of anilines is 2. The Hall–Kier alpha value is -1.95. The van der Waals surface area contributed by atoms with Crippen molar-refractivity contribution in [3.05, 3.63) is 35.5 Å². The first-order chi connectivity index (χ1) is 8.20. The lowest BCUT2D eigenvalue weighted by Crippen LogP contribution is -2.04. The van der Waals surface area contributed by atoms with Crippen LogP contribution in [0.4, 0.5) is 16.1 Å². The smallest absolute Gasteiger partial charge is 0.320 e. The molecule has 0 aliphatic heterocycles. The van der Waals surface area contributed by atoms with E-state index >= 15 is 0 Å². The van der Waals surface area contributed by atoms with Gasteiger partial charge < -0.3 is 15.1 Å². The fourth-order valence-corrected chi connectivity index (χ4v) is 1.39. The van der Waals surface area contributed by atoms with Crippen LogP contribution in [0.25, 0.3) is 0 Å². The maximum atomic E-state index is 13.7. The largest absolute Gasteiger partial charge is 0.406 e. The first-order valence-corrected chi connectivity index (χ1v) is 5.20. The molecule has 1 aromatic heterocycles. The minimum Gasteiger partial charge on any atom is -0.406 e. The summed E-state index contributed by atoms with van der Waals surface area (Å²) in [7, 11) is 1.78. The molecule has 0 aliphatic rings. The van der Waals surface area contributed by atoms with E-state index in [0.29, 0.717) is 23.7 Å². The third-order valence-corrected chi connectivity index (χ3v) is 2.23. The van der Waals surface area contributed by atoms with E-state index in [-0.39, 0.29) is 11.8 Å². The van der Waals surface area contributed by atoms with Crippen molar-refractivity contribution in [1.82, 2.24) is 15.5 Å². The van der Waals surface area contributed by atoms with Gasteiger partial charge in [-0.2, -0.15) is 0 Å². The van der Waals surface area contributed by atoms with Gasteiger partial charge in [0.25, 0.3) is 0 Å². The van der Waals surface area contributed by atoms with Gasteiger partial charge in [0.2, 0.25) is 5.89 Å². The first-order valence-electron chi connectivity index (χ1n) is 5.20. The number of halogens is 1. The van der Waals surface area contributed by atoms with Gasteiger partial charge in [-0.3, -0.25) is 0 Å². The van der Waals surface area contributed by atoms with Gasteiger partial charge in [-0.05, 0) is 25.6 Å². The second-order valence-corrected chi connectivity index (χ2v) is 3.59. The zero-order valence-corrected chi connectivity index (χ0v) is 9.62. The van der Waals surface area contributed by atoms with Crippen molar-refractivity contribution in [3.8, 4) is 0 Å². The van der Waals surface area contributed by atoms with E-state index < -0.39 is 0 Å². The highest BCUT2D eigenvalue weighted by Crippen LogP contribution is 2.21. The molecule has 90 valence electrons. The Kier molecular flexibility index (Phi) is 3.34. The molecule has 0 aliphatic carbocycles. The lowest BCUT2D eigenvalue weighted by atomic mass is 10.2. The molecular formula is C11H13FN4O. The van der Waals surface area contributed by atoms with Crippen LogP contribution in [0.1, 0.15) is 11.5 Å². The Bertz CT molecular complexity index is 512. The van der Waals surface area contributed by atoms with Gasteiger partial charge in [-0.25, -0.2) is 4.39 Å². The van der Waals surface area contributed by atoms with E-state index in [1.165, 1.54) is 0 Å². The van der Waals surface area contributed by atoms with E-state index in [9.17, 15) is 4.39 Å². The molecule has 1 heterocycles. The number of hydrogen-bond donors (Lipinski definition) is 2. The molecule has 0 radical (unpaired) electrons. The van der Waals surface area contributed by atoms with Gasteiger partial charge in [0.1, 0.15) is 5.82 Å². The molecule has 0 bridgehead atoms. The lowest BCUT2D eigenvalue weighted by Gasteiger charge is -2.04. The predicted octanol–water partition coefficient (Wildman–Crippen LogP) is 1.98. The molecule has 0 saturated carbocycles. The van der Waals surface area contributed by atoms with Gasteiger partial charge >= 0.3 is 6.01 Å². The Labute approximate surface area is 98.1 Å². The second-order valence-electron chi connectivity index (χ2n) is 3.59. The highest BCUT2D eigenvalue weighted by Gasteiger charge is 2.09. The number of rotatable bonds is 4. The van der Waals surface area contributed by atoms with Crippen LogP contribution >= 0.6 is 0 Å². The van der Waals surface area contributed by atoms with Crippen LogP contribution < -0.4 is 10.6 Å². The minimum atomic E-state index is -0.319. The Morgan fingerprint density at radius 2 is 2.18 bits per heavy atom. The topological polar surface area (TPSA) is 63.0 Å².